The highest BCUT2D eigenvalue weighted by Gasteiger charge is 2.12. The molecule has 5 nitrogen and oxygen atoms in total. The maximum Gasteiger partial charge on any atom is 0.228 e. The Balaban J connectivity index is 1.44. The third kappa shape index (κ3) is 5.16. The molecule has 1 fully saturated rings. The predicted octanol–water partition coefficient (Wildman–Crippen LogP) is 5.36. The SMILES string of the molecule is O=C(Cc1ccccc1Cl)Nc1cccc(-c2ccc(N3CCCCCC3)nn2)c1. The van der Waals surface area contributed by atoms with Gasteiger partial charge in [0, 0.05) is 29.4 Å². The highest BCUT2D eigenvalue weighted by molar-refractivity contribution is 6.31. The van der Waals surface area contributed by atoms with Gasteiger partial charge in [-0.3, -0.25) is 4.79 Å². The number of rotatable bonds is 5. The summed E-state index contributed by atoms with van der Waals surface area (Å²) in [6, 6.07) is 19.1. The summed E-state index contributed by atoms with van der Waals surface area (Å²) >= 11 is 6.16. The molecule has 1 amide bonds. The molecule has 2 aromatic carbocycles. The lowest BCUT2D eigenvalue weighted by Crippen LogP contribution is -2.25. The van der Waals surface area contributed by atoms with Gasteiger partial charge in [-0.05, 0) is 48.7 Å². The summed E-state index contributed by atoms with van der Waals surface area (Å²) in [6.45, 7) is 2.09. The minimum Gasteiger partial charge on any atom is -0.355 e. The van der Waals surface area contributed by atoms with Crippen molar-refractivity contribution in [2.75, 3.05) is 23.3 Å². The van der Waals surface area contributed by atoms with Gasteiger partial charge in [-0.2, -0.15) is 0 Å². The molecule has 4 rings (SSSR count). The molecule has 1 aliphatic heterocycles. The maximum atomic E-state index is 12.4. The van der Waals surface area contributed by atoms with Gasteiger partial charge in [0.1, 0.15) is 0 Å². The lowest BCUT2D eigenvalue weighted by molar-refractivity contribution is -0.115. The van der Waals surface area contributed by atoms with Crippen molar-refractivity contribution in [2.24, 2.45) is 0 Å². The Hall–Kier alpha value is -2.92. The lowest BCUT2D eigenvalue weighted by Gasteiger charge is -2.20. The fourth-order valence-corrected chi connectivity index (χ4v) is 3.93. The third-order valence-electron chi connectivity index (χ3n) is 5.33. The van der Waals surface area contributed by atoms with Crippen molar-refractivity contribution in [3.8, 4) is 11.3 Å². The van der Waals surface area contributed by atoms with Crippen LogP contribution in [0.5, 0.6) is 0 Å². The fraction of sp³-hybridized carbons (Fsp3) is 0.292. The van der Waals surface area contributed by atoms with Crippen LogP contribution in [0.25, 0.3) is 11.3 Å². The molecule has 1 aliphatic rings. The third-order valence-corrected chi connectivity index (χ3v) is 5.70. The number of nitrogens with one attached hydrogen (secondary N) is 1. The van der Waals surface area contributed by atoms with E-state index in [1.807, 2.05) is 54.6 Å². The van der Waals surface area contributed by atoms with Gasteiger partial charge in [-0.1, -0.05) is 54.8 Å². The van der Waals surface area contributed by atoms with E-state index in [2.05, 4.69) is 20.4 Å². The number of carbonyl (C=O) groups excluding carboxylic acids is 1. The molecular weight excluding hydrogens is 396 g/mol. The topological polar surface area (TPSA) is 58.1 Å². The Bertz CT molecular complexity index is 998. The van der Waals surface area contributed by atoms with Gasteiger partial charge in [0.25, 0.3) is 0 Å². The molecule has 6 heteroatoms. The Morgan fingerprint density at radius 3 is 2.47 bits per heavy atom. The Labute approximate surface area is 182 Å². The van der Waals surface area contributed by atoms with E-state index in [1.54, 1.807) is 6.07 Å². The molecule has 0 bridgehead atoms. The molecule has 3 aromatic rings. The van der Waals surface area contributed by atoms with Crippen LogP contribution in [-0.2, 0) is 11.2 Å². The van der Waals surface area contributed by atoms with Crippen molar-refractivity contribution in [3.05, 3.63) is 71.2 Å². The van der Waals surface area contributed by atoms with E-state index in [-0.39, 0.29) is 12.3 Å². The molecule has 1 saturated heterocycles. The van der Waals surface area contributed by atoms with Crippen LogP contribution < -0.4 is 10.2 Å². The fourth-order valence-electron chi connectivity index (χ4n) is 3.72. The number of nitrogens with zero attached hydrogens (tertiary/aromatic N) is 3. The number of benzene rings is 2. The Morgan fingerprint density at radius 1 is 0.933 bits per heavy atom. The largest absolute Gasteiger partial charge is 0.355 e. The van der Waals surface area contributed by atoms with E-state index >= 15 is 0 Å². The van der Waals surface area contributed by atoms with Gasteiger partial charge in [0.15, 0.2) is 5.82 Å². The summed E-state index contributed by atoms with van der Waals surface area (Å²) in [6.07, 6.45) is 5.22. The zero-order valence-corrected chi connectivity index (χ0v) is 17.6. The molecule has 0 unspecified atom stereocenters. The summed E-state index contributed by atoms with van der Waals surface area (Å²) < 4.78 is 0. The summed E-state index contributed by atoms with van der Waals surface area (Å²) in [5.41, 5.74) is 3.24. The van der Waals surface area contributed by atoms with Crippen LogP contribution in [0.1, 0.15) is 31.2 Å². The van der Waals surface area contributed by atoms with Gasteiger partial charge in [0.05, 0.1) is 12.1 Å². The first-order valence-electron chi connectivity index (χ1n) is 10.4. The van der Waals surface area contributed by atoms with Crippen LogP contribution in [0.2, 0.25) is 5.02 Å². The van der Waals surface area contributed by atoms with E-state index in [9.17, 15) is 4.79 Å². The van der Waals surface area contributed by atoms with E-state index in [4.69, 9.17) is 11.6 Å². The number of carbonyl (C=O) groups is 1. The van der Waals surface area contributed by atoms with E-state index in [0.29, 0.717) is 5.02 Å². The molecule has 154 valence electrons. The summed E-state index contributed by atoms with van der Waals surface area (Å²) in [4.78, 5) is 14.7. The maximum absolute atomic E-state index is 12.4. The van der Waals surface area contributed by atoms with Gasteiger partial charge in [0.2, 0.25) is 5.91 Å². The second-order valence-electron chi connectivity index (χ2n) is 7.58. The van der Waals surface area contributed by atoms with Gasteiger partial charge >= 0.3 is 0 Å². The average molecular weight is 421 g/mol. The first-order valence-corrected chi connectivity index (χ1v) is 10.8. The Kier molecular flexibility index (Phi) is 6.60. The summed E-state index contributed by atoms with van der Waals surface area (Å²) in [5, 5.41) is 12.4. The molecule has 0 radical (unpaired) electrons. The first-order chi connectivity index (χ1) is 14.7. The molecule has 0 atom stereocenters. The van der Waals surface area contributed by atoms with Gasteiger partial charge in [-0.25, -0.2) is 0 Å². The quantitative estimate of drug-likeness (QED) is 0.603. The number of amides is 1. The van der Waals surface area contributed by atoms with Crippen molar-refractivity contribution in [1.82, 2.24) is 10.2 Å². The van der Waals surface area contributed by atoms with Crippen LogP contribution in [0.3, 0.4) is 0 Å². The minimum atomic E-state index is -0.108. The number of hydrogen-bond donors (Lipinski definition) is 1. The molecule has 2 heterocycles. The molecule has 0 aliphatic carbocycles. The average Bonchev–Trinajstić information content (AvgIpc) is 3.05. The van der Waals surface area contributed by atoms with Crippen molar-refractivity contribution < 1.29 is 4.79 Å². The van der Waals surface area contributed by atoms with Crippen LogP contribution in [-0.4, -0.2) is 29.2 Å². The molecule has 0 saturated carbocycles. The monoisotopic (exact) mass is 420 g/mol. The van der Waals surface area contributed by atoms with E-state index < -0.39 is 0 Å². The molecule has 0 spiro atoms. The minimum absolute atomic E-state index is 0.108. The number of halogens is 1. The number of aromatic nitrogens is 2. The second kappa shape index (κ2) is 9.72. The van der Waals surface area contributed by atoms with E-state index in [1.165, 1.54) is 25.7 Å². The number of anilines is 2. The number of hydrogen-bond acceptors (Lipinski definition) is 4. The van der Waals surface area contributed by atoms with Crippen LogP contribution in [0, 0.1) is 0 Å². The summed E-state index contributed by atoms with van der Waals surface area (Å²) in [7, 11) is 0. The zero-order chi connectivity index (χ0) is 20.8. The van der Waals surface area contributed by atoms with Crippen molar-refractivity contribution >= 4 is 29.0 Å². The van der Waals surface area contributed by atoms with Crippen molar-refractivity contribution in [2.45, 2.75) is 32.1 Å². The van der Waals surface area contributed by atoms with Gasteiger partial charge < -0.3 is 10.2 Å². The predicted molar refractivity (Wildman–Crippen MR) is 122 cm³/mol. The smallest absolute Gasteiger partial charge is 0.228 e. The molecule has 30 heavy (non-hydrogen) atoms. The van der Waals surface area contributed by atoms with Crippen LogP contribution in [0.15, 0.2) is 60.7 Å². The summed E-state index contributed by atoms with van der Waals surface area (Å²) in [5.74, 6) is 0.827. The molecule has 1 N–H and O–H groups in total. The molecular formula is C24H25ClN4O. The zero-order valence-electron chi connectivity index (χ0n) is 16.9. The standard InChI is InChI=1S/C24H25ClN4O/c25-21-11-4-3-8-18(21)17-24(30)26-20-10-7-9-19(16-20)22-12-13-23(28-27-22)29-14-5-1-2-6-15-29/h3-4,7-13,16H,1-2,5-6,14-15,17H2,(H,26,30). The van der Waals surface area contributed by atoms with Crippen LogP contribution >= 0.6 is 11.6 Å². The molecule has 1 aromatic heterocycles. The van der Waals surface area contributed by atoms with Crippen molar-refractivity contribution in [1.29, 1.82) is 0 Å². The Morgan fingerprint density at radius 2 is 1.73 bits per heavy atom. The van der Waals surface area contributed by atoms with Crippen molar-refractivity contribution in [3.63, 3.8) is 0 Å². The van der Waals surface area contributed by atoms with E-state index in [0.717, 1.165) is 41.4 Å². The van der Waals surface area contributed by atoms with Crippen LogP contribution in [0.4, 0.5) is 11.5 Å². The van der Waals surface area contributed by atoms with Gasteiger partial charge in [-0.15, -0.1) is 10.2 Å². The second-order valence-corrected chi connectivity index (χ2v) is 7.98. The highest BCUT2D eigenvalue weighted by atomic mass is 35.5. The normalized spacial score (nSPS) is 14.2. The highest BCUT2D eigenvalue weighted by Crippen LogP contribution is 2.23. The lowest BCUT2D eigenvalue weighted by atomic mass is 10.1. The first kappa shape index (κ1) is 20.4.